The number of aliphatic hydroxyl groups excluding tert-OH is 1. The highest BCUT2D eigenvalue weighted by molar-refractivity contribution is 9.10. The van der Waals surface area contributed by atoms with E-state index in [9.17, 15) is 5.11 Å². The molecule has 1 heterocycles. The molecule has 0 aliphatic rings. The molecule has 0 fully saturated rings. The monoisotopic (exact) mass is 399 g/mol. The second kappa shape index (κ2) is 9.23. The van der Waals surface area contributed by atoms with Crippen molar-refractivity contribution < 1.29 is 22.3 Å². The van der Waals surface area contributed by atoms with Crippen molar-refractivity contribution in [2.45, 2.75) is 32.5 Å². The predicted molar refractivity (Wildman–Crippen MR) is 90.7 cm³/mol. The van der Waals surface area contributed by atoms with Crippen molar-refractivity contribution in [2.24, 2.45) is 0 Å². The largest absolute Gasteiger partial charge is 1.00 e. The molecular formula is C17H21BrClN2O2-. The van der Waals surface area contributed by atoms with Gasteiger partial charge in [0, 0.05) is 40.1 Å². The van der Waals surface area contributed by atoms with E-state index in [1.54, 1.807) is 12.4 Å². The van der Waals surface area contributed by atoms with Gasteiger partial charge in [0.25, 0.3) is 0 Å². The highest BCUT2D eigenvalue weighted by Gasteiger charge is 2.16. The molecule has 23 heavy (non-hydrogen) atoms. The van der Waals surface area contributed by atoms with Crippen LogP contribution in [-0.2, 0) is 13.2 Å². The number of pyridine rings is 1. The fraction of sp³-hybridized carbons (Fsp3) is 0.353. The topological polar surface area (TPSA) is 54.4 Å². The lowest BCUT2D eigenvalue weighted by Gasteiger charge is -2.24. The van der Waals surface area contributed by atoms with Gasteiger partial charge in [-0.15, -0.1) is 0 Å². The summed E-state index contributed by atoms with van der Waals surface area (Å²) >= 11 is 3.49. The van der Waals surface area contributed by atoms with E-state index in [1.165, 1.54) is 0 Å². The number of benzene rings is 1. The van der Waals surface area contributed by atoms with E-state index in [0.29, 0.717) is 13.2 Å². The number of ether oxygens (including phenoxy) is 1. The molecule has 0 aliphatic carbocycles. The number of aliphatic hydroxyl groups is 1. The fourth-order valence-corrected chi connectivity index (χ4v) is 2.27. The highest BCUT2D eigenvalue weighted by Crippen LogP contribution is 2.24. The van der Waals surface area contributed by atoms with E-state index in [0.717, 1.165) is 21.3 Å². The van der Waals surface area contributed by atoms with Crippen LogP contribution in [0.5, 0.6) is 5.75 Å². The first-order valence-corrected chi connectivity index (χ1v) is 7.95. The lowest BCUT2D eigenvalue weighted by molar-refractivity contribution is -0.00000583. The summed E-state index contributed by atoms with van der Waals surface area (Å²) in [5, 5.41) is 12.7. The molecular weight excluding hydrogens is 380 g/mol. The first-order valence-electron chi connectivity index (χ1n) is 7.16. The summed E-state index contributed by atoms with van der Waals surface area (Å²) in [7, 11) is 0. The van der Waals surface area contributed by atoms with Gasteiger partial charge in [-0.25, -0.2) is 0 Å². The second-order valence-electron chi connectivity index (χ2n) is 5.80. The maximum Gasteiger partial charge on any atom is 0.124 e. The Morgan fingerprint density at radius 1 is 1.30 bits per heavy atom. The van der Waals surface area contributed by atoms with Crippen LogP contribution in [0.3, 0.4) is 0 Å². The Balaban J connectivity index is 0.00000264. The van der Waals surface area contributed by atoms with Gasteiger partial charge in [0.2, 0.25) is 0 Å². The number of hydrogen-bond donors (Lipinski definition) is 2. The van der Waals surface area contributed by atoms with Crippen molar-refractivity contribution >= 4 is 15.9 Å². The molecule has 0 amide bonds. The Morgan fingerprint density at radius 3 is 2.74 bits per heavy atom. The van der Waals surface area contributed by atoms with E-state index in [2.05, 4.69) is 26.2 Å². The Bertz CT molecular complexity index is 609. The molecule has 6 heteroatoms. The average molecular weight is 401 g/mol. The minimum absolute atomic E-state index is 0. The Kier molecular flexibility index (Phi) is 7.99. The molecule has 0 atom stereocenters. The maximum atomic E-state index is 9.34. The van der Waals surface area contributed by atoms with Crippen LogP contribution in [0.1, 0.15) is 25.0 Å². The number of nitrogens with zero attached hydrogens (tertiary/aromatic N) is 1. The third-order valence-electron chi connectivity index (χ3n) is 3.29. The minimum Gasteiger partial charge on any atom is -1.00 e. The fourth-order valence-electron chi connectivity index (χ4n) is 1.86. The zero-order chi connectivity index (χ0) is 16.0. The van der Waals surface area contributed by atoms with Gasteiger partial charge in [-0.3, -0.25) is 4.98 Å². The number of halogens is 2. The molecule has 0 unspecified atom stereocenters. The summed E-state index contributed by atoms with van der Waals surface area (Å²) in [6.07, 6.45) is 3.54. The van der Waals surface area contributed by atoms with Crippen LogP contribution in [0.15, 0.2) is 47.2 Å². The Morgan fingerprint density at radius 2 is 2.09 bits per heavy atom. The highest BCUT2D eigenvalue weighted by atomic mass is 79.9. The molecule has 2 rings (SSSR count). The summed E-state index contributed by atoms with van der Waals surface area (Å²) in [6, 6.07) is 9.81. The normalized spacial score (nSPS) is 11.0. The Hall–Kier alpha value is -1.14. The van der Waals surface area contributed by atoms with Crippen LogP contribution in [0.25, 0.3) is 0 Å². The van der Waals surface area contributed by atoms with Gasteiger partial charge in [-0.05, 0) is 38.1 Å². The maximum absolute atomic E-state index is 9.34. The van der Waals surface area contributed by atoms with E-state index >= 15 is 0 Å². The lowest BCUT2D eigenvalue weighted by atomic mass is 10.1. The van der Waals surface area contributed by atoms with Crippen molar-refractivity contribution in [3.05, 3.63) is 58.3 Å². The van der Waals surface area contributed by atoms with Gasteiger partial charge in [0.05, 0.1) is 6.61 Å². The van der Waals surface area contributed by atoms with E-state index in [4.69, 9.17) is 4.74 Å². The van der Waals surface area contributed by atoms with Crippen molar-refractivity contribution in [1.29, 1.82) is 0 Å². The van der Waals surface area contributed by atoms with Crippen LogP contribution in [0.4, 0.5) is 0 Å². The average Bonchev–Trinajstić information content (AvgIpc) is 2.53. The molecule has 2 aromatic rings. The molecule has 0 spiro atoms. The number of hydrogen-bond acceptors (Lipinski definition) is 4. The van der Waals surface area contributed by atoms with Gasteiger partial charge in [0.1, 0.15) is 12.4 Å². The molecule has 0 saturated heterocycles. The zero-order valence-electron chi connectivity index (χ0n) is 13.2. The number of aromatic nitrogens is 1. The third-order valence-corrected chi connectivity index (χ3v) is 3.79. The van der Waals surface area contributed by atoms with Gasteiger partial charge in [-0.2, -0.15) is 0 Å². The predicted octanol–water partition coefficient (Wildman–Crippen LogP) is 0.288. The standard InChI is InChI=1S/C17H21BrN2O2.ClH/c1-17(2,12-21)20-10-14-8-15(18)5-6-16(14)22-11-13-4-3-7-19-9-13;/h3-9,20-21H,10-12H2,1-2H3;1H/p-1. The smallest absolute Gasteiger partial charge is 0.124 e. The summed E-state index contributed by atoms with van der Waals surface area (Å²) in [5.41, 5.74) is 1.74. The van der Waals surface area contributed by atoms with Gasteiger partial charge in [-0.1, -0.05) is 22.0 Å². The van der Waals surface area contributed by atoms with Crippen molar-refractivity contribution in [2.75, 3.05) is 6.61 Å². The second-order valence-corrected chi connectivity index (χ2v) is 6.71. The van der Waals surface area contributed by atoms with Crippen molar-refractivity contribution in [3.63, 3.8) is 0 Å². The van der Waals surface area contributed by atoms with Crippen molar-refractivity contribution in [3.8, 4) is 5.75 Å². The minimum atomic E-state index is -0.330. The molecule has 0 bridgehead atoms. The lowest BCUT2D eigenvalue weighted by Crippen LogP contribution is -3.00. The summed E-state index contributed by atoms with van der Waals surface area (Å²) in [6.45, 7) is 5.09. The zero-order valence-corrected chi connectivity index (χ0v) is 15.6. The number of rotatable bonds is 7. The van der Waals surface area contributed by atoms with Crippen LogP contribution >= 0.6 is 15.9 Å². The van der Waals surface area contributed by atoms with Crippen LogP contribution in [0, 0.1) is 0 Å². The molecule has 1 aromatic carbocycles. The quantitative estimate of drug-likeness (QED) is 0.701. The summed E-state index contributed by atoms with van der Waals surface area (Å²) in [5.74, 6) is 0.827. The van der Waals surface area contributed by atoms with Crippen LogP contribution < -0.4 is 22.5 Å². The molecule has 0 saturated carbocycles. The van der Waals surface area contributed by atoms with Gasteiger partial charge in [0.15, 0.2) is 0 Å². The van der Waals surface area contributed by atoms with E-state index in [-0.39, 0.29) is 24.6 Å². The number of nitrogens with one attached hydrogen (secondary N) is 1. The first kappa shape index (κ1) is 19.9. The SMILES string of the molecule is CC(C)(CO)NCc1cc(Br)ccc1OCc1cccnc1.[Cl-]. The van der Waals surface area contributed by atoms with Gasteiger partial charge < -0.3 is 27.6 Å². The van der Waals surface area contributed by atoms with Crippen LogP contribution in [0.2, 0.25) is 0 Å². The summed E-state index contributed by atoms with van der Waals surface area (Å²) < 4.78 is 6.91. The van der Waals surface area contributed by atoms with E-state index < -0.39 is 0 Å². The van der Waals surface area contributed by atoms with Gasteiger partial charge >= 0.3 is 0 Å². The molecule has 0 radical (unpaired) electrons. The molecule has 126 valence electrons. The third kappa shape index (κ3) is 6.47. The first-order chi connectivity index (χ1) is 10.5. The molecule has 2 N–H and O–H groups in total. The molecule has 1 aromatic heterocycles. The summed E-state index contributed by atoms with van der Waals surface area (Å²) in [4.78, 5) is 4.09. The van der Waals surface area contributed by atoms with Crippen molar-refractivity contribution in [1.82, 2.24) is 10.3 Å². The van der Waals surface area contributed by atoms with Crippen LogP contribution in [-0.4, -0.2) is 22.2 Å². The van der Waals surface area contributed by atoms with E-state index in [1.807, 2.05) is 44.2 Å². The molecule has 0 aliphatic heterocycles. The Labute approximate surface area is 151 Å². The molecule has 4 nitrogen and oxygen atoms in total.